The minimum absolute atomic E-state index is 0.246. The van der Waals surface area contributed by atoms with Crippen LogP contribution in [0.4, 0.5) is 4.79 Å². The molecule has 0 saturated carbocycles. The van der Waals surface area contributed by atoms with Crippen molar-refractivity contribution >= 4 is 14.4 Å². The van der Waals surface area contributed by atoms with Gasteiger partial charge in [-0.05, 0) is 40.7 Å². The van der Waals surface area contributed by atoms with Gasteiger partial charge in [-0.2, -0.15) is 0 Å². The molecule has 0 aliphatic carbocycles. The van der Waals surface area contributed by atoms with Gasteiger partial charge in [0.05, 0.1) is 0 Å². The lowest BCUT2D eigenvalue weighted by Gasteiger charge is -2.41. The molecule has 2 N–H and O–H groups in total. The van der Waals surface area contributed by atoms with Crippen molar-refractivity contribution in [1.29, 1.82) is 0 Å². The van der Waals surface area contributed by atoms with Gasteiger partial charge in [0.25, 0.3) is 8.32 Å². The van der Waals surface area contributed by atoms with E-state index in [1.54, 1.807) is 18.2 Å². The molecule has 1 aromatic rings. The monoisotopic (exact) mass is 337 g/mol. The molecule has 0 saturated heterocycles. The Hall–Kier alpha value is -1.49. The van der Waals surface area contributed by atoms with E-state index in [-0.39, 0.29) is 11.8 Å². The molecule has 0 spiro atoms. The molecule has 1 rings (SSSR count). The van der Waals surface area contributed by atoms with Crippen molar-refractivity contribution in [2.45, 2.75) is 64.6 Å². The molecule has 130 valence electrons. The van der Waals surface area contributed by atoms with Crippen molar-refractivity contribution in [1.82, 2.24) is 5.32 Å². The predicted octanol–water partition coefficient (Wildman–Crippen LogP) is 4.84. The van der Waals surface area contributed by atoms with Crippen LogP contribution in [0.2, 0.25) is 16.6 Å². The summed E-state index contributed by atoms with van der Waals surface area (Å²) in [6.45, 7) is 13.5. The summed E-state index contributed by atoms with van der Waals surface area (Å²) in [6.07, 6.45) is 0.358. The van der Waals surface area contributed by atoms with Gasteiger partial charge >= 0.3 is 6.09 Å². The minimum atomic E-state index is -2.18. The number of phenols is 1. The number of aromatic hydroxyl groups is 1. The van der Waals surface area contributed by atoms with Gasteiger partial charge in [-0.15, -0.1) is 0 Å². The molecular formula is C18H31NO3Si. The minimum Gasteiger partial charge on any atom is -0.508 e. The van der Waals surface area contributed by atoms with Crippen LogP contribution >= 0.6 is 0 Å². The highest BCUT2D eigenvalue weighted by molar-refractivity contribution is 6.78. The zero-order chi connectivity index (χ0) is 17.6. The number of carbonyl (C=O) groups excluding carboxylic acids is 1. The molecule has 23 heavy (non-hydrogen) atoms. The fourth-order valence-corrected chi connectivity index (χ4v) is 8.67. The van der Waals surface area contributed by atoms with Crippen LogP contribution in [0, 0.1) is 0 Å². The van der Waals surface area contributed by atoms with Crippen molar-refractivity contribution in [3.05, 3.63) is 29.8 Å². The molecular weight excluding hydrogens is 306 g/mol. The Morgan fingerprint density at radius 2 is 1.70 bits per heavy atom. The molecule has 4 nitrogen and oxygen atoms in total. The molecule has 0 aliphatic rings. The summed E-state index contributed by atoms with van der Waals surface area (Å²) in [5.41, 5.74) is 2.11. The van der Waals surface area contributed by atoms with Gasteiger partial charge in [-0.3, -0.25) is 0 Å². The Labute approximate surface area is 141 Å². The highest BCUT2D eigenvalue weighted by Crippen LogP contribution is 2.42. The fraction of sp³-hybridized carbons (Fsp3) is 0.611. The van der Waals surface area contributed by atoms with Crippen molar-refractivity contribution in [3.63, 3.8) is 0 Å². The average molecular weight is 338 g/mol. The zero-order valence-electron chi connectivity index (χ0n) is 15.2. The van der Waals surface area contributed by atoms with Crippen LogP contribution in [0.3, 0.4) is 0 Å². The normalized spacial score (nSPS) is 12.0. The maximum absolute atomic E-state index is 12.3. The summed E-state index contributed by atoms with van der Waals surface area (Å²) in [4.78, 5) is 12.3. The van der Waals surface area contributed by atoms with E-state index in [2.05, 4.69) is 46.9 Å². The molecule has 0 bridgehead atoms. The molecule has 1 aromatic carbocycles. The van der Waals surface area contributed by atoms with Gasteiger partial charge in [-0.25, -0.2) is 4.79 Å². The third-order valence-electron chi connectivity index (χ3n) is 4.57. The number of phenolic OH excluding ortho intramolecular Hbond substituents is 1. The lowest BCUT2D eigenvalue weighted by molar-refractivity contribution is 0.193. The lowest BCUT2D eigenvalue weighted by atomic mass is 10.1. The largest absolute Gasteiger partial charge is 0.508 e. The Bertz CT molecular complexity index is 493. The standard InChI is InChI=1S/C18H31NO3Si/c1-13(2)23(14(3)4,15(5)6)22-18(21)19-11-10-16-8-7-9-17(20)12-16/h7-9,12-15,20H,10-11H2,1-6H3,(H,19,21). The van der Waals surface area contributed by atoms with E-state index < -0.39 is 8.32 Å². The SMILES string of the molecule is CC(C)[Si](OC(=O)NCCc1cccc(O)c1)(C(C)C)C(C)C. The van der Waals surface area contributed by atoms with Crippen LogP contribution in [0.15, 0.2) is 24.3 Å². The van der Waals surface area contributed by atoms with E-state index in [1.165, 1.54) is 0 Å². The van der Waals surface area contributed by atoms with Gasteiger partial charge in [0.15, 0.2) is 0 Å². The van der Waals surface area contributed by atoms with Crippen LogP contribution in [-0.2, 0) is 10.8 Å². The summed E-state index contributed by atoms with van der Waals surface area (Å²) in [7, 11) is -2.18. The third-order valence-corrected chi connectivity index (χ3v) is 10.5. The Balaban J connectivity index is 2.63. The topological polar surface area (TPSA) is 58.6 Å². The summed E-state index contributed by atoms with van der Waals surface area (Å²) in [5, 5.41) is 12.3. The Kier molecular flexibility index (Phi) is 7.13. The van der Waals surface area contributed by atoms with Crippen LogP contribution in [-0.4, -0.2) is 26.1 Å². The molecule has 0 radical (unpaired) electrons. The van der Waals surface area contributed by atoms with Crippen molar-refractivity contribution < 1.29 is 14.3 Å². The van der Waals surface area contributed by atoms with E-state index in [9.17, 15) is 9.90 Å². The first kappa shape index (κ1) is 19.6. The van der Waals surface area contributed by atoms with Gasteiger partial charge in [-0.1, -0.05) is 53.7 Å². The Morgan fingerprint density at radius 1 is 1.13 bits per heavy atom. The molecule has 0 unspecified atom stereocenters. The van der Waals surface area contributed by atoms with E-state index in [4.69, 9.17) is 4.43 Å². The number of carbonyl (C=O) groups is 1. The summed E-state index contributed by atoms with van der Waals surface area (Å²) < 4.78 is 6.02. The van der Waals surface area contributed by atoms with Gasteiger partial charge in [0.2, 0.25) is 0 Å². The maximum atomic E-state index is 12.3. The van der Waals surface area contributed by atoms with Crippen LogP contribution in [0.1, 0.15) is 47.1 Å². The molecule has 0 aliphatic heterocycles. The van der Waals surface area contributed by atoms with Gasteiger partial charge in [0.1, 0.15) is 5.75 Å². The number of benzene rings is 1. The highest BCUT2D eigenvalue weighted by atomic mass is 28.4. The number of nitrogens with one attached hydrogen (secondary N) is 1. The number of rotatable bonds is 7. The fourth-order valence-electron chi connectivity index (χ4n) is 3.57. The summed E-state index contributed by atoms with van der Waals surface area (Å²) in [5.74, 6) is 0.246. The zero-order valence-corrected chi connectivity index (χ0v) is 16.2. The number of hydrogen-bond acceptors (Lipinski definition) is 3. The van der Waals surface area contributed by atoms with Gasteiger partial charge < -0.3 is 14.8 Å². The van der Waals surface area contributed by atoms with E-state index >= 15 is 0 Å². The van der Waals surface area contributed by atoms with Crippen LogP contribution < -0.4 is 5.32 Å². The van der Waals surface area contributed by atoms with Crippen LogP contribution in [0.5, 0.6) is 5.75 Å². The second kappa shape index (κ2) is 8.38. The first-order chi connectivity index (χ1) is 10.7. The quantitative estimate of drug-likeness (QED) is 0.700. The first-order valence-electron chi connectivity index (χ1n) is 8.44. The van der Waals surface area contributed by atoms with Crippen molar-refractivity contribution in [2.24, 2.45) is 0 Å². The van der Waals surface area contributed by atoms with Crippen LogP contribution in [0.25, 0.3) is 0 Å². The third kappa shape index (κ3) is 4.99. The van der Waals surface area contributed by atoms with Crippen molar-refractivity contribution in [2.75, 3.05) is 6.54 Å². The molecule has 0 fully saturated rings. The molecule has 0 atom stereocenters. The highest BCUT2D eigenvalue weighted by Gasteiger charge is 2.48. The Morgan fingerprint density at radius 3 is 2.17 bits per heavy atom. The average Bonchev–Trinajstić information content (AvgIpc) is 2.43. The molecule has 0 heterocycles. The van der Waals surface area contributed by atoms with Crippen molar-refractivity contribution in [3.8, 4) is 5.75 Å². The molecule has 5 heteroatoms. The van der Waals surface area contributed by atoms with E-state index in [0.29, 0.717) is 29.6 Å². The summed E-state index contributed by atoms with van der Waals surface area (Å²) in [6, 6.07) is 7.08. The van der Waals surface area contributed by atoms with E-state index in [1.807, 2.05) is 6.07 Å². The second-order valence-electron chi connectivity index (χ2n) is 7.05. The first-order valence-corrected chi connectivity index (χ1v) is 10.6. The number of hydrogen-bond donors (Lipinski definition) is 2. The number of amides is 1. The second-order valence-corrected chi connectivity index (χ2v) is 12.4. The predicted molar refractivity (Wildman–Crippen MR) is 97.3 cm³/mol. The van der Waals surface area contributed by atoms with Gasteiger partial charge in [0, 0.05) is 6.54 Å². The lowest BCUT2D eigenvalue weighted by Crippen LogP contribution is -2.51. The molecule has 0 aromatic heterocycles. The molecule has 1 amide bonds. The summed E-state index contributed by atoms with van der Waals surface area (Å²) >= 11 is 0. The smallest absolute Gasteiger partial charge is 0.393 e. The maximum Gasteiger partial charge on any atom is 0.393 e. The van der Waals surface area contributed by atoms with E-state index in [0.717, 1.165) is 5.56 Å².